The number of benzene rings is 2. The molecule has 6 heteroatoms. The van der Waals surface area contributed by atoms with Gasteiger partial charge in [0.05, 0.1) is 22.7 Å². The van der Waals surface area contributed by atoms with Gasteiger partial charge in [0.25, 0.3) is 11.8 Å². The number of hydrogen-bond acceptors (Lipinski definition) is 3. The molecule has 0 radical (unpaired) electrons. The lowest BCUT2D eigenvalue weighted by Gasteiger charge is -2.40. The van der Waals surface area contributed by atoms with E-state index in [2.05, 4.69) is 16.8 Å². The molecule has 0 bridgehead atoms. The van der Waals surface area contributed by atoms with Crippen molar-refractivity contribution in [1.29, 1.82) is 0 Å². The number of aromatic nitrogens is 1. The highest BCUT2D eigenvalue weighted by Crippen LogP contribution is 2.32. The maximum Gasteiger partial charge on any atom is 0.257 e. The Morgan fingerprint density at radius 1 is 0.946 bits per heavy atom. The van der Waals surface area contributed by atoms with Gasteiger partial charge in [0.1, 0.15) is 11.9 Å². The van der Waals surface area contributed by atoms with E-state index < -0.39 is 0 Å². The number of carbonyl (C=O) groups is 2. The summed E-state index contributed by atoms with van der Waals surface area (Å²) in [7, 11) is 0. The molecule has 1 aliphatic heterocycles. The number of fused-ring (bicyclic) bond motifs is 3. The number of amides is 2. The summed E-state index contributed by atoms with van der Waals surface area (Å²) in [5.74, 6) is 0.758. The van der Waals surface area contributed by atoms with Gasteiger partial charge < -0.3 is 19.5 Å². The number of aromatic amines is 1. The van der Waals surface area contributed by atoms with Crippen LogP contribution in [-0.4, -0.2) is 58.4 Å². The van der Waals surface area contributed by atoms with E-state index in [1.54, 1.807) is 0 Å². The zero-order valence-electron chi connectivity index (χ0n) is 22.0. The molecule has 3 aromatic rings. The van der Waals surface area contributed by atoms with Crippen molar-refractivity contribution in [3.8, 4) is 5.75 Å². The van der Waals surface area contributed by atoms with E-state index in [1.807, 2.05) is 59.6 Å². The van der Waals surface area contributed by atoms with Gasteiger partial charge in [0.15, 0.2) is 0 Å². The number of nitrogens with one attached hydrogen (secondary N) is 1. The van der Waals surface area contributed by atoms with E-state index in [0.29, 0.717) is 11.3 Å². The Morgan fingerprint density at radius 2 is 1.76 bits per heavy atom. The van der Waals surface area contributed by atoms with E-state index in [-0.39, 0.29) is 24.0 Å². The maximum absolute atomic E-state index is 14.1. The second-order valence-corrected chi connectivity index (χ2v) is 10.5. The fourth-order valence-electron chi connectivity index (χ4n) is 6.01. The van der Waals surface area contributed by atoms with Crippen LogP contribution in [0.1, 0.15) is 85.4 Å². The lowest BCUT2D eigenvalue weighted by Crippen LogP contribution is -2.51. The topological polar surface area (TPSA) is 65.6 Å². The van der Waals surface area contributed by atoms with Crippen LogP contribution in [0.3, 0.4) is 0 Å². The summed E-state index contributed by atoms with van der Waals surface area (Å²) >= 11 is 0. The first-order chi connectivity index (χ1) is 18.2. The molecular weight excluding hydrogens is 462 g/mol. The van der Waals surface area contributed by atoms with Gasteiger partial charge in [-0.05, 0) is 62.8 Å². The van der Waals surface area contributed by atoms with Crippen molar-refractivity contribution in [1.82, 2.24) is 14.8 Å². The van der Waals surface area contributed by atoms with Crippen LogP contribution in [0.5, 0.6) is 5.75 Å². The molecule has 2 aromatic carbocycles. The summed E-state index contributed by atoms with van der Waals surface area (Å²) in [5, 5.41) is 1.05. The largest absolute Gasteiger partial charge is 0.487 e. The predicted octanol–water partition coefficient (Wildman–Crippen LogP) is 6.43. The van der Waals surface area contributed by atoms with E-state index in [9.17, 15) is 9.59 Å². The molecule has 196 valence electrons. The standard InChI is InChI=1S/C31H39N3O3/c1-2-20-33-21-9-3-4-10-22-34(31(36)25-14-11-12-23-18-19-32-29(23)25)26-15-6-8-17-28(26)37-27-16-7-5-13-24(27)30(33)35/h5,7,11-14,16,18-19,26,28,32H,2-4,6,8-10,15,17,20-22H2,1H3/t26-,28+/m1/s1. The molecular formula is C31H39N3O3. The summed E-state index contributed by atoms with van der Waals surface area (Å²) in [6.45, 7) is 4.35. The summed E-state index contributed by atoms with van der Waals surface area (Å²) in [6.07, 6.45) is 10.6. The van der Waals surface area contributed by atoms with Crippen molar-refractivity contribution >= 4 is 22.7 Å². The van der Waals surface area contributed by atoms with Gasteiger partial charge in [-0.2, -0.15) is 0 Å². The first-order valence-electron chi connectivity index (χ1n) is 14.1. The third-order valence-electron chi connectivity index (χ3n) is 7.90. The fourth-order valence-corrected chi connectivity index (χ4v) is 6.01. The second-order valence-electron chi connectivity index (χ2n) is 10.5. The van der Waals surface area contributed by atoms with Crippen molar-refractivity contribution in [2.45, 2.75) is 76.9 Å². The van der Waals surface area contributed by atoms with Gasteiger partial charge in [0.2, 0.25) is 0 Å². The van der Waals surface area contributed by atoms with Crippen molar-refractivity contribution in [2.75, 3.05) is 19.6 Å². The molecule has 1 fully saturated rings. The molecule has 2 heterocycles. The van der Waals surface area contributed by atoms with E-state index in [4.69, 9.17) is 4.74 Å². The van der Waals surface area contributed by atoms with Crippen LogP contribution in [0.15, 0.2) is 54.7 Å². The number of H-pyrrole nitrogens is 1. The Morgan fingerprint density at radius 3 is 2.62 bits per heavy atom. The van der Waals surface area contributed by atoms with Gasteiger partial charge in [-0.15, -0.1) is 0 Å². The average Bonchev–Trinajstić information content (AvgIpc) is 3.41. The number of ether oxygens (including phenoxy) is 1. The number of rotatable bonds is 3. The Labute approximate surface area is 220 Å². The molecule has 2 aliphatic rings. The van der Waals surface area contributed by atoms with E-state index in [0.717, 1.165) is 93.9 Å². The minimum absolute atomic E-state index is 0.0238. The highest BCUT2D eigenvalue weighted by atomic mass is 16.5. The van der Waals surface area contributed by atoms with Gasteiger partial charge >= 0.3 is 0 Å². The lowest BCUT2D eigenvalue weighted by atomic mass is 9.90. The highest BCUT2D eigenvalue weighted by molar-refractivity contribution is 6.05. The number of nitrogens with zero attached hydrogens (tertiary/aromatic N) is 2. The molecule has 0 spiro atoms. The van der Waals surface area contributed by atoms with E-state index >= 15 is 0 Å². The van der Waals surface area contributed by atoms with Crippen molar-refractivity contribution < 1.29 is 14.3 Å². The minimum atomic E-state index is -0.142. The fraction of sp³-hybridized carbons (Fsp3) is 0.484. The zero-order valence-corrected chi connectivity index (χ0v) is 22.0. The quantitative estimate of drug-likeness (QED) is 0.450. The Balaban J connectivity index is 1.50. The molecule has 1 N–H and O–H groups in total. The summed E-state index contributed by atoms with van der Waals surface area (Å²) in [4.78, 5) is 35.0. The molecule has 0 unspecified atom stereocenters. The van der Waals surface area contributed by atoms with Crippen molar-refractivity contribution in [2.24, 2.45) is 0 Å². The monoisotopic (exact) mass is 501 g/mol. The molecule has 2 atom stereocenters. The molecule has 1 aliphatic carbocycles. The van der Waals surface area contributed by atoms with Crippen LogP contribution in [0.2, 0.25) is 0 Å². The Bertz CT molecular complexity index is 1220. The van der Waals surface area contributed by atoms with Crippen molar-refractivity contribution in [3.05, 3.63) is 65.9 Å². The number of para-hydroxylation sites is 2. The summed E-state index contributed by atoms with van der Waals surface area (Å²) in [6, 6.07) is 15.6. The molecule has 0 saturated heterocycles. The molecule has 5 rings (SSSR count). The maximum atomic E-state index is 14.1. The zero-order chi connectivity index (χ0) is 25.6. The summed E-state index contributed by atoms with van der Waals surface area (Å²) in [5.41, 5.74) is 2.25. The number of hydrogen-bond donors (Lipinski definition) is 1. The molecule has 6 nitrogen and oxygen atoms in total. The van der Waals surface area contributed by atoms with Gasteiger partial charge in [0, 0.05) is 31.2 Å². The van der Waals surface area contributed by atoms with Crippen LogP contribution in [-0.2, 0) is 0 Å². The molecule has 37 heavy (non-hydrogen) atoms. The molecule has 2 amide bonds. The highest BCUT2D eigenvalue weighted by Gasteiger charge is 2.36. The first kappa shape index (κ1) is 25.4. The normalized spacial score (nSPS) is 21.6. The van der Waals surface area contributed by atoms with Crippen LogP contribution in [0.25, 0.3) is 10.9 Å². The second kappa shape index (κ2) is 11.8. The molecule has 1 aromatic heterocycles. The third kappa shape index (κ3) is 5.53. The SMILES string of the molecule is CCCN1CCCCCCN(C(=O)c2cccc3cc[nH]c23)[C@@H]2CCCC[C@@H]2Oc2ccccc2C1=O. The van der Waals surface area contributed by atoms with Gasteiger partial charge in [-0.1, -0.05) is 50.5 Å². The van der Waals surface area contributed by atoms with Gasteiger partial charge in [-0.3, -0.25) is 9.59 Å². The van der Waals surface area contributed by atoms with E-state index in [1.165, 1.54) is 0 Å². The van der Waals surface area contributed by atoms with Gasteiger partial charge in [-0.25, -0.2) is 0 Å². The molecule has 1 saturated carbocycles. The lowest BCUT2D eigenvalue weighted by molar-refractivity contribution is 0.0268. The van der Waals surface area contributed by atoms with Crippen LogP contribution in [0.4, 0.5) is 0 Å². The Hall–Kier alpha value is -3.28. The van der Waals surface area contributed by atoms with Crippen LogP contribution in [0, 0.1) is 0 Å². The van der Waals surface area contributed by atoms with Crippen LogP contribution >= 0.6 is 0 Å². The van der Waals surface area contributed by atoms with Crippen molar-refractivity contribution in [3.63, 3.8) is 0 Å². The smallest absolute Gasteiger partial charge is 0.257 e. The number of carbonyl (C=O) groups excluding carboxylic acids is 2. The summed E-state index contributed by atoms with van der Waals surface area (Å²) < 4.78 is 6.68. The minimum Gasteiger partial charge on any atom is -0.487 e. The Kier molecular flexibility index (Phi) is 8.12. The predicted molar refractivity (Wildman–Crippen MR) is 147 cm³/mol. The third-order valence-corrected chi connectivity index (χ3v) is 7.90. The van der Waals surface area contributed by atoms with Crippen LogP contribution < -0.4 is 4.74 Å². The first-order valence-corrected chi connectivity index (χ1v) is 14.1. The average molecular weight is 502 g/mol.